The van der Waals surface area contributed by atoms with Crippen molar-refractivity contribution in [3.63, 3.8) is 0 Å². The van der Waals surface area contributed by atoms with Gasteiger partial charge in [-0.1, -0.05) is 6.07 Å². The Kier molecular flexibility index (Phi) is 3.22. The summed E-state index contributed by atoms with van der Waals surface area (Å²) in [4.78, 5) is 12.4. The molecule has 3 nitrogen and oxygen atoms in total. The van der Waals surface area contributed by atoms with E-state index in [0.717, 1.165) is 16.3 Å². The second-order valence-corrected chi connectivity index (χ2v) is 4.21. The minimum atomic E-state index is -0.0628. The lowest BCUT2D eigenvalue weighted by Crippen LogP contribution is -2.09. The van der Waals surface area contributed by atoms with E-state index in [1.54, 1.807) is 0 Å². The van der Waals surface area contributed by atoms with E-state index in [2.05, 4.69) is 10.6 Å². The van der Waals surface area contributed by atoms with Crippen molar-refractivity contribution in [2.75, 3.05) is 17.7 Å². The summed E-state index contributed by atoms with van der Waals surface area (Å²) in [5.74, 6) is -0.0628. The van der Waals surface area contributed by atoms with Gasteiger partial charge in [0, 0.05) is 18.4 Å². The van der Waals surface area contributed by atoms with E-state index >= 15 is 0 Å². The van der Waals surface area contributed by atoms with Gasteiger partial charge in [0.2, 0.25) is 0 Å². The van der Waals surface area contributed by atoms with E-state index in [9.17, 15) is 4.79 Å². The van der Waals surface area contributed by atoms with Crippen LogP contribution in [-0.4, -0.2) is 13.0 Å². The van der Waals surface area contributed by atoms with Crippen LogP contribution in [0.25, 0.3) is 0 Å². The van der Waals surface area contributed by atoms with Crippen LogP contribution in [0, 0.1) is 0 Å². The number of thiophene rings is 1. The number of amides is 1. The highest BCUT2D eigenvalue weighted by Crippen LogP contribution is 2.15. The Morgan fingerprint density at radius 1 is 1.12 bits per heavy atom. The number of carbonyl (C=O) groups is 1. The Morgan fingerprint density at radius 2 is 1.81 bits per heavy atom. The summed E-state index contributed by atoms with van der Waals surface area (Å²) in [6.45, 7) is 0. The molecular weight excluding hydrogens is 220 g/mol. The van der Waals surface area contributed by atoms with Crippen molar-refractivity contribution in [2.45, 2.75) is 0 Å². The first-order valence-corrected chi connectivity index (χ1v) is 5.80. The van der Waals surface area contributed by atoms with Gasteiger partial charge in [0.15, 0.2) is 0 Å². The molecule has 2 N–H and O–H groups in total. The van der Waals surface area contributed by atoms with Crippen LogP contribution in [-0.2, 0) is 0 Å². The van der Waals surface area contributed by atoms with Crippen LogP contribution in [0.1, 0.15) is 9.67 Å². The first-order valence-electron chi connectivity index (χ1n) is 4.92. The smallest absolute Gasteiger partial charge is 0.265 e. The van der Waals surface area contributed by atoms with Gasteiger partial charge < -0.3 is 10.6 Å². The van der Waals surface area contributed by atoms with Crippen molar-refractivity contribution in [3.05, 3.63) is 46.7 Å². The lowest BCUT2D eigenvalue weighted by molar-refractivity contribution is 0.103. The molecule has 82 valence electrons. The van der Waals surface area contributed by atoms with E-state index in [0.29, 0.717) is 0 Å². The van der Waals surface area contributed by atoms with Crippen LogP contribution in [0.15, 0.2) is 41.8 Å². The van der Waals surface area contributed by atoms with Crippen molar-refractivity contribution in [3.8, 4) is 0 Å². The number of rotatable bonds is 3. The maximum absolute atomic E-state index is 11.7. The molecule has 0 saturated carbocycles. The molecule has 0 fully saturated rings. The van der Waals surface area contributed by atoms with Crippen LogP contribution in [0.5, 0.6) is 0 Å². The van der Waals surface area contributed by atoms with Crippen LogP contribution in [0.4, 0.5) is 11.4 Å². The monoisotopic (exact) mass is 232 g/mol. The fourth-order valence-electron chi connectivity index (χ4n) is 1.32. The third-order valence-corrected chi connectivity index (χ3v) is 3.05. The summed E-state index contributed by atoms with van der Waals surface area (Å²) < 4.78 is 0. The highest BCUT2D eigenvalue weighted by molar-refractivity contribution is 7.12. The van der Waals surface area contributed by atoms with E-state index in [1.165, 1.54) is 11.3 Å². The Hall–Kier alpha value is -1.81. The van der Waals surface area contributed by atoms with Crippen LogP contribution < -0.4 is 10.6 Å². The van der Waals surface area contributed by atoms with Crippen LogP contribution in [0.3, 0.4) is 0 Å². The number of benzene rings is 1. The number of carbonyl (C=O) groups excluding carboxylic acids is 1. The summed E-state index contributed by atoms with van der Waals surface area (Å²) in [6.07, 6.45) is 0. The number of anilines is 2. The fourth-order valence-corrected chi connectivity index (χ4v) is 1.94. The molecule has 2 aromatic rings. The summed E-state index contributed by atoms with van der Waals surface area (Å²) in [5, 5.41) is 7.75. The van der Waals surface area contributed by atoms with Gasteiger partial charge in [-0.05, 0) is 35.7 Å². The number of nitrogens with one attached hydrogen (secondary N) is 2. The van der Waals surface area contributed by atoms with E-state index in [1.807, 2.05) is 48.8 Å². The molecule has 0 aliphatic heterocycles. The quantitative estimate of drug-likeness (QED) is 0.854. The molecule has 0 bridgehead atoms. The molecule has 0 spiro atoms. The molecule has 0 radical (unpaired) electrons. The molecule has 2 rings (SSSR count). The lowest BCUT2D eigenvalue weighted by Gasteiger charge is -2.04. The molecule has 1 aromatic heterocycles. The Bertz CT molecular complexity index is 462. The third-order valence-electron chi connectivity index (χ3n) is 2.18. The molecule has 0 aliphatic carbocycles. The molecule has 16 heavy (non-hydrogen) atoms. The van der Waals surface area contributed by atoms with Crippen molar-refractivity contribution in [1.82, 2.24) is 0 Å². The van der Waals surface area contributed by atoms with E-state index < -0.39 is 0 Å². The zero-order valence-electron chi connectivity index (χ0n) is 8.86. The molecule has 0 atom stereocenters. The van der Waals surface area contributed by atoms with Gasteiger partial charge >= 0.3 is 0 Å². The van der Waals surface area contributed by atoms with Gasteiger partial charge in [-0.25, -0.2) is 0 Å². The normalized spacial score (nSPS) is 9.81. The van der Waals surface area contributed by atoms with Crippen molar-refractivity contribution in [2.24, 2.45) is 0 Å². The molecule has 4 heteroatoms. The Labute approximate surface area is 98.1 Å². The summed E-state index contributed by atoms with van der Waals surface area (Å²) in [7, 11) is 1.86. The summed E-state index contributed by atoms with van der Waals surface area (Å²) in [6, 6.07) is 11.3. The van der Waals surface area contributed by atoms with Gasteiger partial charge in [0.25, 0.3) is 5.91 Å². The van der Waals surface area contributed by atoms with Crippen molar-refractivity contribution < 1.29 is 4.79 Å². The van der Waals surface area contributed by atoms with Crippen LogP contribution >= 0.6 is 11.3 Å². The standard InChI is InChI=1S/C12H12N2OS/c1-13-9-4-6-10(7-5-9)14-12(15)11-3-2-8-16-11/h2-8,13H,1H3,(H,14,15). The predicted octanol–water partition coefficient (Wildman–Crippen LogP) is 3.04. The van der Waals surface area contributed by atoms with Crippen molar-refractivity contribution >= 4 is 28.6 Å². The molecule has 0 aliphatic rings. The minimum Gasteiger partial charge on any atom is -0.388 e. The van der Waals surface area contributed by atoms with Crippen molar-refractivity contribution in [1.29, 1.82) is 0 Å². The number of hydrogen-bond acceptors (Lipinski definition) is 3. The van der Waals surface area contributed by atoms with Gasteiger partial charge in [-0.15, -0.1) is 11.3 Å². The minimum absolute atomic E-state index is 0.0628. The first kappa shape index (κ1) is 10.7. The SMILES string of the molecule is CNc1ccc(NC(=O)c2cccs2)cc1. The topological polar surface area (TPSA) is 41.1 Å². The molecule has 0 unspecified atom stereocenters. The molecular formula is C12H12N2OS. The van der Waals surface area contributed by atoms with Gasteiger partial charge in [0.05, 0.1) is 4.88 Å². The van der Waals surface area contributed by atoms with Gasteiger partial charge in [-0.3, -0.25) is 4.79 Å². The van der Waals surface area contributed by atoms with Gasteiger partial charge in [-0.2, -0.15) is 0 Å². The summed E-state index contributed by atoms with van der Waals surface area (Å²) in [5.41, 5.74) is 1.83. The largest absolute Gasteiger partial charge is 0.388 e. The second kappa shape index (κ2) is 4.81. The maximum atomic E-state index is 11.7. The van der Waals surface area contributed by atoms with Crippen LogP contribution in [0.2, 0.25) is 0 Å². The highest BCUT2D eigenvalue weighted by atomic mass is 32.1. The lowest BCUT2D eigenvalue weighted by atomic mass is 10.3. The molecule has 1 aromatic carbocycles. The Morgan fingerprint density at radius 3 is 2.38 bits per heavy atom. The second-order valence-electron chi connectivity index (χ2n) is 3.26. The average molecular weight is 232 g/mol. The molecule has 0 saturated heterocycles. The fraction of sp³-hybridized carbons (Fsp3) is 0.0833. The number of hydrogen-bond donors (Lipinski definition) is 2. The third kappa shape index (κ3) is 2.41. The van der Waals surface area contributed by atoms with E-state index in [-0.39, 0.29) is 5.91 Å². The van der Waals surface area contributed by atoms with E-state index in [4.69, 9.17) is 0 Å². The van der Waals surface area contributed by atoms with Gasteiger partial charge in [0.1, 0.15) is 0 Å². The maximum Gasteiger partial charge on any atom is 0.265 e. The highest BCUT2D eigenvalue weighted by Gasteiger charge is 2.05. The zero-order chi connectivity index (χ0) is 11.4. The predicted molar refractivity (Wildman–Crippen MR) is 68.3 cm³/mol. The average Bonchev–Trinajstić information content (AvgIpc) is 2.83. The Balaban J connectivity index is 2.06. The molecule has 1 amide bonds. The summed E-state index contributed by atoms with van der Waals surface area (Å²) >= 11 is 1.43. The zero-order valence-corrected chi connectivity index (χ0v) is 9.67. The first-order chi connectivity index (χ1) is 7.79. The molecule has 1 heterocycles.